The van der Waals surface area contributed by atoms with E-state index in [1.807, 2.05) is 24.3 Å². The smallest absolute Gasteiger partial charge is 0.307 e. The molecule has 1 aromatic carbocycles. The maximum Gasteiger partial charge on any atom is 0.307 e. The molecule has 2 N–H and O–H groups in total. The van der Waals surface area contributed by atoms with Gasteiger partial charge in [-0.25, -0.2) is 0 Å². The zero-order valence-corrected chi connectivity index (χ0v) is 13.2. The van der Waals surface area contributed by atoms with Gasteiger partial charge in [-0.3, -0.25) is 14.5 Å². The fourth-order valence-electron chi connectivity index (χ4n) is 2.79. The van der Waals surface area contributed by atoms with Gasteiger partial charge < -0.3 is 10.2 Å². The normalized spacial score (nSPS) is 16.0. The molecule has 0 spiro atoms. The lowest BCUT2D eigenvalue weighted by molar-refractivity contribution is -0.138. The molecule has 5 nitrogen and oxygen atoms in total. The summed E-state index contributed by atoms with van der Waals surface area (Å²) in [7, 11) is 0. The van der Waals surface area contributed by atoms with E-state index in [0.29, 0.717) is 5.92 Å². The fourth-order valence-corrected chi connectivity index (χ4v) is 2.79. The van der Waals surface area contributed by atoms with Crippen LogP contribution in [0.15, 0.2) is 24.3 Å². The minimum Gasteiger partial charge on any atom is -0.481 e. The van der Waals surface area contributed by atoms with Gasteiger partial charge in [0.25, 0.3) is 0 Å². The molecule has 1 heterocycles. The summed E-state index contributed by atoms with van der Waals surface area (Å²) in [6.45, 7) is 2.69. The summed E-state index contributed by atoms with van der Waals surface area (Å²) in [6, 6.07) is 7.67. The molecule has 1 aliphatic rings. The van der Waals surface area contributed by atoms with E-state index >= 15 is 0 Å². The van der Waals surface area contributed by atoms with Crippen LogP contribution in [0.4, 0.5) is 0 Å². The first kappa shape index (κ1) is 18.5. The minimum atomic E-state index is -0.816. The van der Waals surface area contributed by atoms with Crippen molar-refractivity contribution in [1.29, 1.82) is 0 Å². The highest BCUT2D eigenvalue weighted by atomic mass is 35.5. The van der Waals surface area contributed by atoms with Crippen molar-refractivity contribution in [2.45, 2.75) is 32.2 Å². The first-order valence-electron chi connectivity index (χ1n) is 7.26. The van der Waals surface area contributed by atoms with Crippen LogP contribution in [-0.4, -0.2) is 40.1 Å². The molecule has 122 valence electrons. The number of likely N-dealkylation sites (tertiary alicyclic amines) is 1. The number of nitrogens with zero attached hydrogens (tertiary/aromatic N) is 1. The van der Waals surface area contributed by atoms with Gasteiger partial charge in [0.2, 0.25) is 0 Å². The van der Waals surface area contributed by atoms with Gasteiger partial charge in [-0.1, -0.05) is 24.3 Å². The van der Waals surface area contributed by atoms with E-state index in [1.165, 1.54) is 5.56 Å². The first-order chi connectivity index (χ1) is 10.0. The van der Waals surface area contributed by atoms with Gasteiger partial charge in [-0.05, 0) is 43.0 Å². The predicted octanol–water partition coefficient (Wildman–Crippen LogP) is 2.42. The Morgan fingerprint density at radius 2 is 1.55 bits per heavy atom. The number of carboxylic acids is 2. The Hall–Kier alpha value is -1.59. The van der Waals surface area contributed by atoms with Crippen molar-refractivity contribution in [2.75, 3.05) is 13.1 Å². The number of piperidine rings is 1. The van der Waals surface area contributed by atoms with E-state index in [-0.39, 0.29) is 25.2 Å². The van der Waals surface area contributed by atoms with E-state index in [1.54, 1.807) is 0 Å². The largest absolute Gasteiger partial charge is 0.481 e. The molecule has 0 amide bonds. The summed E-state index contributed by atoms with van der Waals surface area (Å²) in [5.74, 6) is -1.22. The van der Waals surface area contributed by atoms with Gasteiger partial charge in [0.1, 0.15) is 0 Å². The first-order valence-corrected chi connectivity index (χ1v) is 7.26. The van der Waals surface area contributed by atoms with E-state index in [2.05, 4.69) is 4.90 Å². The Balaban J connectivity index is 0.00000242. The SMILES string of the molecule is Cl.O=C(O)Cc1ccc(CN2CCC(CC(=O)O)CC2)cc1. The molecular weight excluding hydrogens is 306 g/mol. The van der Waals surface area contributed by atoms with E-state index in [9.17, 15) is 9.59 Å². The summed E-state index contributed by atoms with van der Waals surface area (Å²) in [5.41, 5.74) is 1.98. The highest BCUT2D eigenvalue weighted by molar-refractivity contribution is 5.85. The number of halogens is 1. The van der Waals surface area contributed by atoms with Crippen LogP contribution in [0.1, 0.15) is 30.4 Å². The van der Waals surface area contributed by atoms with Crippen molar-refractivity contribution < 1.29 is 19.8 Å². The predicted molar refractivity (Wildman–Crippen MR) is 85.3 cm³/mol. The van der Waals surface area contributed by atoms with Crippen LogP contribution in [0.5, 0.6) is 0 Å². The molecule has 1 aliphatic heterocycles. The van der Waals surface area contributed by atoms with Crippen molar-refractivity contribution in [3.63, 3.8) is 0 Å². The number of hydrogen-bond acceptors (Lipinski definition) is 3. The zero-order valence-electron chi connectivity index (χ0n) is 12.4. The maximum absolute atomic E-state index is 10.7. The lowest BCUT2D eigenvalue weighted by Gasteiger charge is -2.31. The van der Waals surface area contributed by atoms with Crippen LogP contribution < -0.4 is 0 Å². The van der Waals surface area contributed by atoms with Crippen LogP contribution >= 0.6 is 12.4 Å². The molecule has 0 bridgehead atoms. The maximum atomic E-state index is 10.7. The van der Waals surface area contributed by atoms with E-state index in [4.69, 9.17) is 10.2 Å². The third-order valence-electron chi connectivity index (χ3n) is 3.95. The van der Waals surface area contributed by atoms with Crippen LogP contribution in [0, 0.1) is 5.92 Å². The molecule has 2 rings (SSSR count). The third kappa shape index (κ3) is 6.03. The summed E-state index contributed by atoms with van der Waals surface area (Å²) < 4.78 is 0. The number of aliphatic carboxylic acids is 2. The molecule has 0 unspecified atom stereocenters. The topological polar surface area (TPSA) is 77.8 Å². The number of benzene rings is 1. The summed E-state index contributed by atoms with van der Waals surface area (Å²) in [4.78, 5) is 23.6. The van der Waals surface area contributed by atoms with Crippen molar-refractivity contribution in [3.05, 3.63) is 35.4 Å². The van der Waals surface area contributed by atoms with Gasteiger partial charge in [0, 0.05) is 13.0 Å². The van der Waals surface area contributed by atoms with Gasteiger partial charge in [-0.2, -0.15) is 0 Å². The number of rotatable bonds is 6. The van der Waals surface area contributed by atoms with Gasteiger partial charge in [0.15, 0.2) is 0 Å². The summed E-state index contributed by atoms with van der Waals surface area (Å²) in [6.07, 6.45) is 2.20. The number of carboxylic acid groups (broad SMARTS) is 2. The molecule has 1 fully saturated rings. The van der Waals surface area contributed by atoms with Gasteiger partial charge in [-0.15, -0.1) is 12.4 Å². The number of carbonyl (C=O) groups is 2. The van der Waals surface area contributed by atoms with Gasteiger partial charge >= 0.3 is 11.9 Å². The molecule has 0 aliphatic carbocycles. The Morgan fingerprint density at radius 3 is 2.05 bits per heavy atom. The zero-order chi connectivity index (χ0) is 15.2. The molecule has 0 radical (unpaired) electrons. The van der Waals surface area contributed by atoms with Crippen LogP contribution in [0.25, 0.3) is 0 Å². The molecule has 1 aromatic rings. The Kier molecular flexibility index (Phi) is 7.35. The molecule has 1 saturated heterocycles. The van der Waals surface area contributed by atoms with Crippen LogP contribution in [0.2, 0.25) is 0 Å². The summed E-state index contributed by atoms with van der Waals surface area (Å²) >= 11 is 0. The van der Waals surface area contributed by atoms with E-state index in [0.717, 1.165) is 38.0 Å². The number of hydrogen-bond donors (Lipinski definition) is 2. The molecule has 0 atom stereocenters. The lowest BCUT2D eigenvalue weighted by atomic mass is 9.93. The van der Waals surface area contributed by atoms with Crippen molar-refractivity contribution in [2.24, 2.45) is 5.92 Å². The van der Waals surface area contributed by atoms with Crippen molar-refractivity contribution in [3.8, 4) is 0 Å². The molecule has 6 heteroatoms. The highest BCUT2D eigenvalue weighted by Crippen LogP contribution is 2.21. The van der Waals surface area contributed by atoms with Crippen LogP contribution in [0.3, 0.4) is 0 Å². The van der Waals surface area contributed by atoms with Crippen molar-refractivity contribution >= 4 is 24.3 Å². The molecule has 22 heavy (non-hydrogen) atoms. The second kappa shape index (κ2) is 8.76. The Labute approximate surface area is 136 Å². The Morgan fingerprint density at radius 1 is 1.00 bits per heavy atom. The average Bonchev–Trinajstić information content (AvgIpc) is 2.42. The highest BCUT2D eigenvalue weighted by Gasteiger charge is 2.21. The molecular formula is C16H22ClNO4. The second-order valence-corrected chi connectivity index (χ2v) is 5.70. The van der Waals surface area contributed by atoms with E-state index < -0.39 is 11.9 Å². The molecule has 0 aromatic heterocycles. The summed E-state index contributed by atoms with van der Waals surface area (Å²) in [5, 5.41) is 17.5. The third-order valence-corrected chi connectivity index (χ3v) is 3.95. The Bertz CT molecular complexity index is 495. The minimum absolute atomic E-state index is 0. The quantitative estimate of drug-likeness (QED) is 0.839. The van der Waals surface area contributed by atoms with Crippen LogP contribution in [-0.2, 0) is 22.6 Å². The van der Waals surface area contributed by atoms with Gasteiger partial charge in [0.05, 0.1) is 6.42 Å². The molecule has 0 saturated carbocycles. The average molecular weight is 328 g/mol. The monoisotopic (exact) mass is 327 g/mol. The second-order valence-electron chi connectivity index (χ2n) is 5.70. The lowest BCUT2D eigenvalue weighted by Crippen LogP contribution is -2.33. The fraction of sp³-hybridized carbons (Fsp3) is 0.500. The van der Waals surface area contributed by atoms with Crippen molar-refractivity contribution in [1.82, 2.24) is 4.90 Å². The standard InChI is InChI=1S/C16H21NO4.ClH/c18-15(19)9-12-1-3-14(4-2-12)11-17-7-5-13(6-8-17)10-16(20)21;/h1-4,13H,5-11H2,(H,18,19)(H,20,21);1H.